The molecular formula is C21H20N4O. The molecule has 4 aromatic rings. The third-order valence-electron chi connectivity index (χ3n) is 5.32. The Hall–Kier alpha value is -3.08. The number of furan rings is 1. The molecule has 0 fully saturated rings. The second kappa shape index (κ2) is 5.46. The maximum atomic E-state index is 6.22. The van der Waals surface area contributed by atoms with Gasteiger partial charge in [0.1, 0.15) is 6.17 Å². The molecule has 0 spiro atoms. The smallest absolute Gasteiger partial charge is 0.227 e. The third kappa shape index (κ3) is 1.91. The highest BCUT2D eigenvalue weighted by Crippen LogP contribution is 2.47. The van der Waals surface area contributed by atoms with Crippen LogP contribution in [0.1, 0.15) is 18.9 Å². The first-order valence-corrected chi connectivity index (χ1v) is 8.94. The summed E-state index contributed by atoms with van der Waals surface area (Å²) in [5.41, 5.74) is 4.95. The average Bonchev–Trinajstić information content (AvgIpc) is 3.17. The van der Waals surface area contributed by atoms with E-state index in [1.54, 1.807) is 6.20 Å². The van der Waals surface area contributed by atoms with Gasteiger partial charge in [0.05, 0.1) is 11.4 Å². The van der Waals surface area contributed by atoms with Crippen molar-refractivity contribution in [2.24, 2.45) is 0 Å². The van der Waals surface area contributed by atoms with Crippen LogP contribution in [0.25, 0.3) is 22.1 Å². The topological polar surface area (TPSA) is 45.4 Å². The fourth-order valence-corrected chi connectivity index (χ4v) is 4.09. The second-order valence-electron chi connectivity index (χ2n) is 6.78. The summed E-state index contributed by atoms with van der Waals surface area (Å²) in [6, 6.07) is 12.4. The van der Waals surface area contributed by atoms with Gasteiger partial charge in [0.25, 0.3) is 0 Å². The van der Waals surface area contributed by atoms with Crippen LogP contribution >= 0.6 is 0 Å². The third-order valence-corrected chi connectivity index (χ3v) is 5.32. The lowest BCUT2D eigenvalue weighted by Crippen LogP contribution is -2.38. The predicted molar refractivity (Wildman–Crippen MR) is 105 cm³/mol. The van der Waals surface area contributed by atoms with E-state index in [-0.39, 0.29) is 6.17 Å². The van der Waals surface area contributed by atoms with Crippen molar-refractivity contribution in [1.29, 1.82) is 0 Å². The minimum atomic E-state index is 0.199. The van der Waals surface area contributed by atoms with Crippen molar-refractivity contribution in [1.82, 2.24) is 9.97 Å². The number of benzene rings is 1. The maximum Gasteiger partial charge on any atom is 0.227 e. The highest BCUT2D eigenvalue weighted by Gasteiger charge is 2.36. The van der Waals surface area contributed by atoms with Crippen LogP contribution in [-0.4, -0.2) is 23.2 Å². The molecule has 4 heterocycles. The highest BCUT2D eigenvalue weighted by atomic mass is 16.3. The van der Waals surface area contributed by atoms with Gasteiger partial charge in [0, 0.05) is 30.2 Å². The minimum absolute atomic E-state index is 0.199. The Labute approximate surface area is 151 Å². The highest BCUT2D eigenvalue weighted by molar-refractivity contribution is 6.09. The molecule has 5 rings (SSSR count). The number of pyridine rings is 2. The summed E-state index contributed by atoms with van der Waals surface area (Å²) in [6.45, 7) is 4.33. The Morgan fingerprint density at radius 1 is 1.04 bits per heavy atom. The van der Waals surface area contributed by atoms with Crippen molar-refractivity contribution < 1.29 is 4.42 Å². The molecule has 1 atom stereocenters. The van der Waals surface area contributed by atoms with E-state index in [2.05, 4.69) is 59.9 Å². The molecule has 0 saturated carbocycles. The molecule has 5 nitrogen and oxygen atoms in total. The lowest BCUT2D eigenvalue weighted by Gasteiger charge is -2.30. The van der Waals surface area contributed by atoms with Crippen LogP contribution in [-0.2, 0) is 0 Å². The molecule has 0 amide bonds. The summed E-state index contributed by atoms with van der Waals surface area (Å²) in [5.74, 6) is 0.978. The summed E-state index contributed by atoms with van der Waals surface area (Å²) in [4.78, 5) is 13.7. The lowest BCUT2D eigenvalue weighted by molar-refractivity contribution is 0.627. The van der Waals surface area contributed by atoms with Gasteiger partial charge in [-0.1, -0.05) is 19.1 Å². The standard InChI is InChI=1S/C21H20N4O/c1-4-17-24(3)16-8-6-11-22-20(16)25(17)18-13(2)9-10-14-15-7-5-12-23-21(15)26-19(14)18/h5-12,17H,4H2,1-3H3. The molecule has 5 heteroatoms. The number of aromatic nitrogens is 2. The quantitative estimate of drug-likeness (QED) is 0.511. The molecule has 26 heavy (non-hydrogen) atoms. The Morgan fingerprint density at radius 3 is 2.69 bits per heavy atom. The fraction of sp³-hybridized carbons (Fsp3) is 0.238. The van der Waals surface area contributed by atoms with Crippen LogP contribution < -0.4 is 9.80 Å². The summed E-state index contributed by atoms with van der Waals surface area (Å²) in [7, 11) is 2.13. The number of fused-ring (bicyclic) bond motifs is 4. The Morgan fingerprint density at radius 2 is 1.85 bits per heavy atom. The van der Waals surface area contributed by atoms with Crippen molar-refractivity contribution in [2.75, 3.05) is 16.8 Å². The van der Waals surface area contributed by atoms with Gasteiger partial charge in [-0.3, -0.25) is 4.90 Å². The molecule has 0 saturated heterocycles. The second-order valence-corrected chi connectivity index (χ2v) is 6.78. The molecule has 1 aromatic carbocycles. The van der Waals surface area contributed by atoms with Crippen molar-refractivity contribution in [3.8, 4) is 0 Å². The SMILES string of the molecule is CCC1N(C)c2cccnc2N1c1c(C)ccc2c1oc1ncccc12. The first kappa shape index (κ1) is 15.2. The molecule has 0 radical (unpaired) electrons. The van der Waals surface area contributed by atoms with Gasteiger partial charge < -0.3 is 9.32 Å². The monoisotopic (exact) mass is 344 g/mol. The Kier molecular flexibility index (Phi) is 3.19. The van der Waals surface area contributed by atoms with E-state index in [1.807, 2.05) is 18.3 Å². The van der Waals surface area contributed by atoms with E-state index in [1.165, 1.54) is 5.56 Å². The number of rotatable bonds is 2. The zero-order chi connectivity index (χ0) is 17.8. The van der Waals surface area contributed by atoms with Crippen LogP contribution in [0.3, 0.4) is 0 Å². The number of anilines is 3. The minimum Gasteiger partial charge on any atom is -0.435 e. The molecule has 0 aliphatic carbocycles. The summed E-state index contributed by atoms with van der Waals surface area (Å²) < 4.78 is 6.22. The Bertz CT molecular complexity index is 1130. The van der Waals surface area contributed by atoms with E-state index in [9.17, 15) is 0 Å². The number of aryl methyl sites for hydroxylation is 1. The van der Waals surface area contributed by atoms with Crippen molar-refractivity contribution in [2.45, 2.75) is 26.4 Å². The summed E-state index contributed by atoms with van der Waals surface area (Å²) in [6.07, 6.45) is 4.80. The first-order chi connectivity index (χ1) is 12.7. The Balaban J connectivity index is 1.85. The van der Waals surface area contributed by atoms with E-state index in [4.69, 9.17) is 9.40 Å². The van der Waals surface area contributed by atoms with Crippen LogP contribution in [0.15, 0.2) is 53.2 Å². The molecule has 130 valence electrons. The van der Waals surface area contributed by atoms with Gasteiger partial charge in [-0.25, -0.2) is 9.97 Å². The normalized spacial score (nSPS) is 16.7. The molecule has 3 aromatic heterocycles. The van der Waals surface area contributed by atoms with Crippen LogP contribution in [0.2, 0.25) is 0 Å². The molecule has 1 aliphatic rings. The largest absolute Gasteiger partial charge is 0.435 e. The number of nitrogens with zero attached hydrogens (tertiary/aromatic N) is 4. The molecule has 1 aliphatic heterocycles. The number of hydrogen-bond donors (Lipinski definition) is 0. The number of hydrogen-bond acceptors (Lipinski definition) is 5. The van der Waals surface area contributed by atoms with E-state index >= 15 is 0 Å². The predicted octanol–water partition coefficient (Wildman–Crippen LogP) is 5.01. The molecule has 0 N–H and O–H groups in total. The lowest BCUT2D eigenvalue weighted by atomic mass is 10.1. The van der Waals surface area contributed by atoms with Crippen molar-refractivity contribution >= 4 is 39.3 Å². The van der Waals surface area contributed by atoms with Crippen LogP contribution in [0.5, 0.6) is 0 Å². The molecule has 0 bridgehead atoms. The first-order valence-electron chi connectivity index (χ1n) is 8.94. The van der Waals surface area contributed by atoms with Crippen LogP contribution in [0.4, 0.5) is 17.2 Å². The van der Waals surface area contributed by atoms with Gasteiger partial charge in [-0.2, -0.15) is 0 Å². The van der Waals surface area contributed by atoms with Gasteiger partial charge in [0.2, 0.25) is 5.71 Å². The zero-order valence-corrected chi connectivity index (χ0v) is 15.1. The van der Waals surface area contributed by atoms with Crippen molar-refractivity contribution in [3.63, 3.8) is 0 Å². The van der Waals surface area contributed by atoms with E-state index in [0.29, 0.717) is 5.71 Å². The van der Waals surface area contributed by atoms with Crippen molar-refractivity contribution in [3.05, 3.63) is 54.4 Å². The summed E-state index contributed by atoms with van der Waals surface area (Å²) in [5, 5.41) is 2.14. The van der Waals surface area contributed by atoms with Gasteiger partial charge in [0.15, 0.2) is 11.4 Å². The average molecular weight is 344 g/mol. The van der Waals surface area contributed by atoms with Gasteiger partial charge in [-0.05, 0) is 43.2 Å². The van der Waals surface area contributed by atoms with E-state index in [0.717, 1.165) is 40.0 Å². The summed E-state index contributed by atoms with van der Waals surface area (Å²) >= 11 is 0. The zero-order valence-electron chi connectivity index (χ0n) is 15.1. The molecule has 1 unspecified atom stereocenters. The van der Waals surface area contributed by atoms with Gasteiger partial charge in [-0.15, -0.1) is 0 Å². The molecular weight excluding hydrogens is 324 g/mol. The maximum absolute atomic E-state index is 6.22. The van der Waals surface area contributed by atoms with Crippen LogP contribution in [0, 0.1) is 6.92 Å². The van der Waals surface area contributed by atoms with E-state index < -0.39 is 0 Å². The fourth-order valence-electron chi connectivity index (χ4n) is 4.09. The van der Waals surface area contributed by atoms with Gasteiger partial charge >= 0.3 is 0 Å².